The topological polar surface area (TPSA) is 35.3 Å². The zero-order valence-electron chi connectivity index (χ0n) is 6.67. The van der Waals surface area contributed by atoms with Crippen LogP contribution in [-0.4, -0.2) is 5.16 Å². The summed E-state index contributed by atoms with van der Waals surface area (Å²) in [5, 5.41) is 3.84. The monoisotopic (exact) mass is 154 g/mol. The minimum absolute atomic E-state index is 0.485. The van der Waals surface area contributed by atoms with Crippen molar-refractivity contribution in [2.75, 3.05) is 0 Å². The van der Waals surface area contributed by atoms with Crippen molar-refractivity contribution in [2.24, 2.45) is 0 Å². The highest BCUT2D eigenvalue weighted by molar-refractivity contribution is 5.13. The van der Waals surface area contributed by atoms with E-state index in [1.165, 1.54) is 0 Å². The first kappa shape index (κ1) is 8.27. The Morgan fingerprint density at radius 3 is 3.18 bits per heavy atom. The molecule has 1 aromatic heterocycles. The van der Waals surface area contributed by atoms with Gasteiger partial charge in [-0.2, -0.15) is 0 Å². The highest BCUT2D eigenvalue weighted by Crippen LogP contribution is 2.09. The fraction of sp³-hybridized carbons (Fsp3) is 0.500. The second-order valence-electron chi connectivity index (χ2n) is 2.38. The molecule has 0 aliphatic heterocycles. The average molecular weight is 154 g/mol. The Hall–Kier alpha value is -0.830. The van der Waals surface area contributed by atoms with Crippen molar-refractivity contribution in [3.05, 3.63) is 24.6 Å². The first-order valence-electron chi connectivity index (χ1n) is 3.67. The minimum Gasteiger partial charge on any atom is -0.374 e. The highest BCUT2D eigenvalue weighted by atomic mass is 16.5. The van der Waals surface area contributed by atoms with Crippen LogP contribution in [0.5, 0.6) is 0 Å². The van der Waals surface area contributed by atoms with Gasteiger partial charge in [0.1, 0.15) is 6.26 Å². The highest BCUT2D eigenvalue weighted by Gasteiger charge is 2.04. The maximum Gasteiger partial charge on any atom is 0.129 e. The molecule has 1 aromatic rings. The number of ether oxygens (including phenoxy) is 1. The van der Waals surface area contributed by atoms with E-state index in [-0.39, 0.29) is 0 Å². The lowest BCUT2D eigenvalue weighted by Gasteiger charge is -1.95. The van der Waals surface area contributed by atoms with Crippen molar-refractivity contribution in [3.8, 4) is 0 Å². The number of hydrogen-bond acceptors (Lipinski definition) is 3. The van der Waals surface area contributed by atoms with E-state index in [9.17, 15) is 0 Å². The third-order valence-electron chi connectivity index (χ3n) is 1.47. The summed E-state index contributed by atoms with van der Waals surface area (Å²) in [7, 11) is 3.29. The Balaban J connectivity index is 2.62. The molecule has 0 aliphatic rings. The number of rotatable bonds is 4. The molecule has 11 heavy (non-hydrogen) atoms. The van der Waals surface area contributed by atoms with Crippen LogP contribution in [0.15, 0.2) is 10.8 Å². The van der Waals surface area contributed by atoms with Gasteiger partial charge in [-0.3, -0.25) is 0 Å². The molecular weight excluding hydrogens is 142 g/mol. The minimum atomic E-state index is 0.485. The van der Waals surface area contributed by atoms with Gasteiger partial charge in [0.15, 0.2) is 0 Å². The van der Waals surface area contributed by atoms with Crippen molar-refractivity contribution < 1.29 is 9.26 Å². The van der Waals surface area contributed by atoms with E-state index in [1.807, 2.05) is 0 Å². The summed E-state index contributed by atoms with van der Waals surface area (Å²) in [5.74, 6) is 0. The average Bonchev–Trinajstić information content (AvgIpc) is 2.39. The summed E-state index contributed by atoms with van der Waals surface area (Å²) in [6, 6.07) is 0. The SMILES string of the molecule is [CH2]OCc1conc1CCC. The maximum atomic E-state index is 4.79. The molecule has 3 heteroatoms. The molecule has 0 saturated heterocycles. The Morgan fingerprint density at radius 2 is 2.55 bits per heavy atom. The van der Waals surface area contributed by atoms with Crippen LogP contribution in [0.1, 0.15) is 24.6 Å². The summed E-state index contributed by atoms with van der Waals surface area (Å²) >= 11 is 0. The van der Waals surface area contributed by atoms with Gasteiger partial charge in [-0.15, -0.1) is 0 Å². The molecule has 0 N–H and O–H groups in total. The summed E-state index contributed by atoms with van der Waals surface area (Å²) in [4.78, 5) is 0. The standard InChI is InChI=1S/C8H12NO2/c1-3-4-8-7(5-10-2)6-11-9-8/h6H,2-5H2,1H3. The van der Waals surface area contributed by atoms with Crippen molar-refractivity contribution in [2.45, 2.75) is 26.4 Å². The Labute approximate surface area is 66.3 Å². The normalized spacial score (nSPS) is 10.4. The second kappa shape index (κ2) is 4.13. The fourth-order valence-electron chi connectivity index (χ4n) is 0.951. The molecule has 1 heterocycles. The van der Waals surface area contributed by atoms with Crippen LogP contribution in [0.3, 0.4) is 0 Å². The number of hydrogen-bond donors (Lipinski definition) is 0. The molecule has 0 saturated carbocycles. The van der Waals surface area contributed by atoms with Crippen LogP contribution in [-0.2, 0) is 17.8 Å². The predicted octanol–water partition coefficient (Wildman–Crippen LogP) is 1.94. The van der Waals surface area contributed by atoms with Crippen molar-refractivity contribution >= 4 is 0 Å². The van der Waals surface area contributed by atoms with Gasteiger partial charge in [0.05, 0.1) is 19.4 Å². The molecule has 0 atom stereocenters. The molecule has 1 rings (SSSR count). The maximum absolute atomic E-state index is 4.79. The van der Waals surface area contributed by atoms with Crippen LogP contribution in [0.4, 0.5) is 0 Å². The fourth-order valence-corrected chi connectivity index (χ4v) is 0.951. The van der Waals surface area contributed by atoms with Gasteiger partial charge in [0.25, 0.3) is 0 Å². The number of aromatic nitrogens is 1. The van der Waals surface area contributed by atoms with E-state index in [0.29, 0.717) is 6.61 Å². The second-order valence-corrected chi connectivity index (χ2v) is 2.38. The van der Waals surface area contributed by atoms with Gasteiger partial charge in [-0.05, 0) is 6.42 Å². The lowest BCUT2D eigenvalue weighted by molar-refractivity contribution is 0.227. The molecule has 0 bridgehead atoms. The van der Waals surface area contributed by atoms with Gasteiger partial charge in [-0.25, -0.2) is 0 Å². The van der Waals surface area contributed by atoms with Crippen LogP contribution >= 0.6 is 0 Å². The van der Waals surface area contributed by atoms with E-state index in [4.69, 9.17) is 9.26 Å². The van der Waals surface area contributed by atoms with Gasteiger partial charge in [-0.1, -0.05) is 18.5 Å². The molecule has 3 nitrogen and oxygen atoms in total. The first-order valence-corrected chi connectivity index (χ1v) is 3.67. The van der Waals surface area contributed by atoms with E-state index in [2.05, 4.69) is 19.2 Å². The third-order valence-corrected chi connectivity index (χ3v) is 1.47. The van der Waals surface area contributed by atoms with E-state index < -0.39 is 0 Å². The van der Waals surface area contributed by atoms with Gasteiger partial charge in [0, 0.05) is 5.56 Å². The smallest absolute Gasteiger partial charge is 0.129 e. The molecular formula is C8H12NO2. The van der Waals surface area contributed by atoms with Crippen molar-refractivity contribution in [3.63, 3.8) is 0 Å². The molecule has 0 spiro atoms. The van der Waals surface area contributed by atoms with Crippen molar-refractivity contribution in [1.82, 2.24) is 5.16 Å². The van der Waals surface area contributed by atoms with E-state index >= 15 is 0 Å². The zero-order chi connectivity index (χ0) is 8.10. The number of nitrogens with zero attached hydrogens (tertiary/aromatic N) is 1. The Morgan fingerprint density at radius 1 is 1.73 bits per heavy atom. The summed E-state index contributed by atoms with van der Waals surface area (Å²) in [6.45, 7) is 2.59. The molecule has 0 unspecified atom stereocenters. The first-order chi connectivity index (χ1) is 5.38. The van der Waals surface area contributed by atoms with Crippen LogP contribution in [0.2, 0.25) is 0 Å². The molecule has 0 fully saturated rings. The summed E-state index contributed by atoms with van der Waals surface area (Å²) in [6.07, 6.45) is 3.61. The van der Waals surface area contributed by atoms with Crippen LogP contribution in [0.25, 0.3) is 0 Å². The number of aryl methyl sites for hydroxylation is 1. The molecule has 0 aromatic carbocycles. The quantitative estimate of drug-likeness (QED) is 0.664. The zero-order valence-corrected chi connectivity index (χ0v) is 6.67. The largest absolute Gasteiger partial charge is 0.374 e. The Kier molecular flexibility index (Phi) is 3.11. The van der Waals surface area contributed by atoms with Crippen LogP contribution < -0.4 is 0 Å². The molecule has 1 radical (unpaired) electrons. The lowest BCUT2D eigenvalue weighted by Crippen LogP contribution is -1.91. The van der Waals surface area contributed by atoms with Gasteiger partial charge >= 0.3 is 0 Å². The van der Waals surface area contributed by atoms with E-state index in [1.54, 1.807) is 6.26 Å². The van der Waals surface area contributed by atoms with E-state index in [0.717, 1.165) is 24.1 Å². The predicted molar refractivity (Wildman–Crippen MR) is 40.6 cm³/mol. The van der Waals surface area contributed by atoms with Gasteiger partial charge in [0.2, 0.25) is 0 Å². The lowest BCUT2D eigenvalue weighted by atomic mass is 10.2. The molecule has 0 amide bonds. The third kappa shape index (κ3) is 2.05. The molecule has 61 valence electrons. The van der Waals surface area contributed by atoms with Crippen molar-refractivity contribution in [1.29, 1.82) is 0 Å². The molecule has 0 aliphatic carbocycles. The van der Waals surface area contributed by atoms with Gasteiger partial charge < -0.3 is 9.26 Å². The summed E-state index contributed by atoms with van der Waals surface area (Å²) in [5.41, 5.74) is 1.98. The summed E-state index contributed by atoms with van der Waals surface area (Å²) < 4.78 is 9.52. The Bertz CT molecular complexity index is 187. The van der Waals surface area contributed by atoms with Crippen LogP contribution in [0, 0.1) is 7.11 Å².